The third-order valence-electron chi connectivity index (χ3n) is 2.05. The first-order valence-electron chi connectivity index (χ1n) is 4.87. The molecule has 1 aromatic rings. The molecule has 0 saturated heterocycles. The van der Waals surface area contributed by atoms with Crippen LogP contribution < -0.4 is 10.5 Å². The van der Waals surface area contributed by atoms with E-state index in [-0.39, 0.29) is 5.56 Å². The number of aromatic nitrogens is 2. The Hall–Kier alpha value is -1.83. The summed E-state index contributed by atoms with van der Waals surface area (Å²) in [6.07, 6.45) is 0.432. The molecule has 0 fully saturated rings. The summed E-state index contributed by atoms with van der Waals surface area (Å²) >= 11 is 0. The number of hydrogen-bond acceptors (Lipinski definition) is 4. The summed E-state index contributed by atoms with van der Waals surface area (Å²) in [7, 11) is 0. The van der Waals surface area contributed by atoms with Gasteiger partial charge in [0.1, 0.15) is 11.6 Å². The topological polar surface area (TPSA) is 72.8 Å². The molecule has 0 aliphatic carbocycles. The Bertz CT molecular complexity index is 418. The van der Waals surface area contributed by atoms with Gasteiger partial charge in [0.25, 0.3) is 5.56 Å². The highest BCUT2D eigenvalue weighted by Crippen LogP contribution is 2.07. The predicted octanol–water partition coefficient (Wildman–Crippen LogP) is 0.818. The van der Waals surface area contributed by atoms with Crippen molar-refractivity contribution in [2.24, 2.45) is 0 Å². The minimum absolute atomic E-state index is 0.159. The lowest BCUT2D eigenvalue weighted by Gasteiger charge is -2.20. The maximum Gasteiger partial charge on any atom is 0.252 e. The zero-order chi connectivity index (χ0) is 11.3. The Labute approximate surface area is 88.4 Å². The predicted molar refractivity (Wildman–Crippen MR) is 57.7 cm³/mol. The zero-order valence-electron chi connectivity index (χ0n) is 8.95. The van der Waals surface area contributed by atoms with Crippen LogP contribution in [-0.2, 0) is 0 Å². The first-order valence-corrected chi connectivity index (χ1v) is 4.87. The summed E-state index contributed by atoms with van der Waals surface area (Å²) in [6.45, 7) is 5.04. The maximum absolute atomic E-state index is 11.2. The summed E-state index contributed by atoms with van der Waals surface area (Å²) in [5.41, 5.74) is -0.159. The van der Waals surface area contributed by atoms with Crippen LogP contribution in [0.4, 0.5) is 5.82 Å². The molecule has 15 heavy (non-hydrogen) atoms. The van der Waals surface area contributed by atoms with Crippen LogP contribution in [0.3, 0.4) is 0 Å². The molecule has 0 spiro atoms. The van der Waals surface area contributed by atoms with E-state index in [0.29, 0.717) is 24.6 Å². The molecule has 1 heterocycles. The van der Waals surface area contributed by atoms with Crippen LogP contribution in [0.1, 0.15) is 19.2 Å². The van der Waals surface area contributed by atoms with E-state index in [0.717, 1.165) is 6.54 Å². The Balaban J connectivity index is 2.92. The number of aryl methyl sites for hydroxylation is 1. The van der Waals surface area contributed by atoms with Gasteiger partial charge in [-0.25, -0.2) is 4.98 Å². The molecule has 0 aromatic carbocycles. The summed E-state index contributed by atoms with van der Waals surface area (Å²) < 4.78 is 0. The molecule has 0 saturated carbocycles. The molecule has 0 aliphatic rings. The van der Waals surface area contributed by atoms with Crippen LogP contribution in [0.15, 0.2) is 10.9 Å². The van der Waals surface area contributed by atoms with Crippen molar-refractivity contribution in [3.63, 3.8) is 0 Å². The van der Waals surface area contributed by atoms with Crippen LogP contribution >= 0.6 is 0 Å². The van der Waals surface area contributed by atoms with Gasteiger partial charge in [0, 0.05) is 19.2 Å². The standard InChI is InChI=1S/C10H14N4O/c1-3-14(6-4-5-11)9-7-10(15)13-8(2)12-9/h7H,3-4,6H2,1-2H3,(H,12,13,15). The smallest absolute Gasteiger partial charge is 0.252 e. The average Bonchev–Trinajstić information content (AvgIpc) is 2.17. The van der Waals surface area contributed by atoms with E-state index >= 15 is 0 Å². The highest BCUT2D eigenvalue weighted by Gasteiger charge is 2.06. The fraction of sp³-hybridized carbons (Fsp3) is 0.500. The molecule has 0 atom stereocenters. The number of nitrogens with one attached hydrogen (secondary N) is 1. The third kappa shape index (κ3) is 3.09. The second-order valence-electron chi connectivity index (χ2n) is 3.18. The Kier molecular flexibility index (Phi) is 3.86. The van der Waals surface area contributed by atoms with Gasteiger partial charge in [-0.3, -0.25) is 4.79 Å². The number of nitriles is 1. The number of H-pyrrole nitrogens is 1. The molecule has 1 aromatic heterocycles. The molecular weight excluding hydrogens is 192 g/mol. The average molecular weight is 206 g/mol. The van der Waals surface area contributed by atoms with E-state index in [1.807, 2.05) is 11.8 Å². The highest BCUT2D eigenvalue weighted by molar-refractivity contribution is 5.37. The van der Waals surface area contributed by atoms with E-state index in [1.165, 1.54) is 6.07 Å². The molecular formula is C10H14N4O. The lowest BCUT2D eigenvalue weighted by molar-refractivity contribution is 0.799. The first kappa shape index (κ1) is 11.2. The number of rotatable bonds is 4. The second-order valence-corrected chi connectivity index (χ2v) is 3.18. The first-order chi connectivity index (χ1) is 7.17. The monoisotopic (exact) mass is 206 g/mol. The normalized spacial score (nSPS) is 9.67. The van der Waals surface area contributed by atoms with Crippen molar-refractivity contribution in [1.82, 2.24) is 9.97 Å². The molecule has 80 valence electrons. The van der Waals surface area contributed by atoms with Gasteiger partial charge >= 0.3 is 0 Å². The van der Waals surface area contributed by atoms with E-state index < -0.39 is 0 Å². The van der Waals surface area contributed by atoms with Crippen LogP contribution in [0.2, 0.25) is 0 Å². The summed E-state index contributed by atoms with van der Waals surface area (Å²) in [5, 5.41) is 8.50. The lowest BCUT2D eigenvalue weighted by atomic mass is 10.4. The molecule has 5 heteroatoms. The Morgan fingerprint density at radius 2 is 2.40 bits per heavy atom. The number of hydrogen-bond donors (Lipinski definition) is 1. The van der Waals surface area contributed by atoms with Crippen molar-refractivity contribution in [3.8, 4) is 6.07 Å². The van der Waals surface area contributed by atoms with Gasteiger partial charge in [0.05, 0.1) is 12.5 Å². The summed E-state index contributed by atoms with van der Waals surface area (Å²) in [5.74, 6) is 1.22. The van der Waals surface area contributed by atoms with Gasteiger partial charge < -0.3 is 9.88 Å². The van der Waals surface area contributed by atoms with Crippen molar-refractivity contribution in [2.75, 3.05) is 18.0 Å². The SMILES string of the molecule is CCN(CCC#N)c1cc(=O)[nH]c(C)n1. The molecule has 0 amide bonds. The zero-order valence-corrected chi connectivity index (χ0v) is 8.95. The molecule has 0 aliphatic heterocycles. The molecule has 1 rings (SSSR count). The summed E-state index contributed by atoms with van der Waals surface area (Å²) in [4.78, 5) is 19.9. The third-order valence-corrected chi connectivity index (χ3v) is 2.05. The van der Waals surface area contributed by atoms with E-state index in [4.69, 9.17) is 5.26 Å². The quantitative estimate of drug-likeness (QED) is 0.791. The minimum Gasteiger partial charge on any atom is -0.356 e. The van der Waals surface area contributed by atoms with Crippen molar-refractivity contribution in [2.45, 2.75) is 20.3 Å². The van der Waals surface area contributed by atoms with Gasteiger partial charge in [-0.15, -0.1) is 0 Å². The minimum atomic E-state index is -0.159. The molecule has 0 radical (unpaired) electrons. The van der Waals surface area contributed by atoms with Crippen molar-refractivity contribution >= 4 is 5.82 Å². The lowest BCUT2D eigenvalue weighted by Crippen LogP contribution is -2.26. The van der Waals surface area contributed by atoms with Crippen molar-refractivity contribution in [3.05, 3.63) is 22.2 Å². The van der Waals surface area contributed by atoms with Crippen LogP contribution in [-0.4, -0.2) is 23.1 Å². The van der Waals surface area contributed by atoms with Gasteiger partial charge in [-0.1, -0.05) is 0 Å². The van der Waals surface area contributed by atoms with Gasteiger partial charge in [0.15, 0.2) is 0 Å². The van der Waals surface area contributed by atoms with Crippen molar-refractivity contribution < 1.29 is 0 Å². The van der Waals surface area contributed by atoms with E-state index in [1.54, 1.807) is 6.92 Å². The highest BCUT2D eigenvalue weighted by atomic mass is 16.1. The maximum atomic E-state index is 11.2. The number of nitrogens with zero attached hydrogens (tertiary/aromatic N) is 3. The van der Waals surface area contributed by atoms with Gasteiger partial charge in [-0.2, -0.15) is 5.26 Å². The van der Waals surface area contributed by atoms with E-state index in [9.17, 15) is 4.79 Å². The molecule has 0 unspecified atom stereocenters. The fourth-order valence-corrected chi connectivity index (χ4v) is 1.35. The van der Waals surface area contributed by atoms with E-state index in [2.05, 4.69) is 16.0 Å². The molecule has 5 nitrogen and oxygen atoms in total. The van der Waals surface area contributed by atoms with Crippen molar-refractivity contribution in [1.29, 1.82) is 5.26 Å². The van der Waals surface area contributed by atoms with Crippen LogP contribution in [0, 0.1) is 18.3 Å². The number of aromatic amines is 1. The number of anilines is 1. The van der Waals surface area contributed by atoms with Crippen LogP contribution in [0.25, 0.3) is 0 Å². The summed E-state index contributed by atoms with van der Waals surface area (Å²) in [6, 6.07) is 3.53. The van der Waals surface area contributed by atoms with Gasteiger partial charge in [-0.05, 0) is 13.8 Å². The fourth-order valence-electron chi connectivity index (χ4n) is 1.35. The van der Waals surface area contributed by atoms with Crippen LogP contribution in [0.5, 0.6) is 0 Å². The second kappa shape index (κ2) is 5.15. The van der Waals surface area contributed by atoms with Gasteiger partial charge in [0.2, 0.25) is 0 Å². The largest absolute Gasteiger partial charge is 0.356 e. The molecule has 1 N–H and O–H groups in total. The Morgan fingerprint density at radius 3 is 2.93 bits per heavy atom. The molecule has 0 bridgehead atoms. The Morgan fingerprint density at radius 1 is 1.67 bits per heavy atom.